The Kier molecular flexibility index (Phi) is 6.05. The highest BCUT2D eigenvalue weighted by Crippen LogP contribution is 2.41. The summed E-state index contributed by atoms with van der Waals surface area (Å²) in [6, 6.07) is 3.36. The third kappa shape index (κ3) is 4.38. The number of aliphatic imine (C=N–C) groups is 1. The van der Waals surface area contributed by atoms with Crippen molar-refractivity contribution in [3.8, 4) is 0 Å². The summed E-state index contributed by atoms with van der Waals surface area (Å²) >= 11 is 1.41. The van der Waals surface area contributed by atoms with Crippen molar-refractivity contribution in [2.45, 2.75) is 64.6 Å². The van der Waals surface area contributed by atoms with Crippen molar-refractivity contribution in [2.24, 2.45) is 10.4 Å². The smallest absolute Gasteiger partial charge is 0.256 e. The van der Waals surface area contributed by atoms with Gasteiger partial charge in [-0.05, 0) is 43.5 Å². The Morgan fingerprint density at radius 1 is 1.32 bits per heavy atom. The van der Waals surface area contributed by atoms with Gasteiger partial charge in [-0.3, -0.25) is 14.6 Å². The maximum atomic E-state index is 13.3. The number of fused-ring (bicyclic) bond motifs is 1. The zero-order valence-corrected chi connectivity index (χ0v) is 20.6. The highest BCUT2D eigenvalue weighted by Gasteiger charge is 2.42. The fourth-order valence-corrected chi connectivity index (χ4v) is 5.83. The monoisotopic (exact) mass is 466 g/mol. The Hall–Kier alpha value is -1.91. The number of amides is 2. The second kappa shape index (κ2) is 7.90. The predicted octanol–water partition coefficient (Wildman–Crippen LogP) is 2.44. The second-order valence-electron chi connectivity index (χ2n) is 9.35. The van der Waals surface area contributed by atoms with Crippen LogP contribution in [-0.2, 0) is 26.9 Å². The molecule has 2 atom stereocenters. The number of benzene rings is 1. The third-order valence-corrected chi connectivity index (χ3v) is 8.63. The minimum atomic E-state index is -3.87. The van der Waals surface area contributed by atoms with E-state index in [1.807, 2.05) is 19.9 Å². The second-order valence-corrected chi connectivity index (χ2v) is 12.2. The number of carbonyl (C=O) groups excluding carboxylic acids is 2. The fraction of sp³-hybridized carbons (Fsp3) is 0.571. The van der Waals surface area contributed by atoms with Gasteiger partial charge in [0.05, 0.1) is 16.0 Å². The molecule has 0 aromatic heterocycles. The summed E-state index contributed by atoms with van der Waals surface area (Å²) in [6.07, 6.45) is 0. The Labute approximate surface area is 188 Å². The average Bonchev–Trinajstić information content (AvgIpc) is 3.20. The molecule has 0 spiro atoms. The van der Waals surface area contributed by atoms with Gasteiger partial charge in [0.25, 0.3) is 5.91 Å². The molecular formula is C21H30N4O4S2. The molecule has 0 fully saturated rings. The van der Waals surface area contributed by atoms with Crippen molar-refractivity contribution in [1.29, 1.82) is 0 Å². The molecular weight excluding hydrogens is 436 g/mol. The molecule has 0 bridgehead atoms. The van der Waals surface area contributed by atoms with Gasteiger partial charge in [-0.1, -0.05) is 38.6 Å². The molecule has 2 amide bonds. The molecule has 0 saturated carbocycles. The summed E-state index contributed by atoms with van der Waals surface area (Å²) in [5, 5.41) is 3.21. The third-order valence-electron chi connectivity index (χ3n) is 6.02. The molecule has 31 heavy (non-hydrogen) atoms. The van der Waals surface area contributed by atoms with Crippen LogP contribution in [0.1, 0.15) is 63.0 Å². The lowest BCUT2D eigenvalue weighted by molar-refractivity contribution is -0.117. The van der Waals surface area contributed by atoms with Gasteiger partial charge in [-0.25, -0.2) is 13.1 Å². The molecule has 0 radical (unpaired) electrons. The molecule has 3 rings (SSSR count). The molecule has 170 valence electrons. The van der Waals surface area contributed by atoms with Gasteiger partial charge in [0, 0.05) is 25.3 Å². The Morgan fingerprint density at radius 3 is 2.52 bits per heavy atom. The summed E-state index contributed by atoms with van der Waals surface area (Å²) in [5.41, 5.74) is 0.734. The number of nitrogens with one attached hydrogen (secondary N) is 2. The Morgan fingerprint density at radius 2 is 1.97 bits per heavy atom. The average molecular weight is 467 g/mol. The number of hydrogen-bond donors (Lipinski definition) is 2. The van der Waals surface area contributed by atoms with Crippen LogP contribution in [0.25, 0.3) is 0 Å². The van der Waals surface area contributed by atoms with Crippen LogP contribution in [0.3, 0.4) is 0 Å². The molecule has 1 aromatic carbocycles. The van der Waals surface area contributed by atoms with E-state index in [0.29, 0.717) is 28.6 Å². The normalized spacial score (nSPS) is 22.4. The minimum absolute atomic E-state index is 0.0227. The zero-order chi connectivity index (χ0) is 23.4. The maximum Gasteiger partial charge on any atom is 0.256 e. The lowest BCUT2D eigenvalue weighted by atomic mass is 9.87. The number of rotatable bonds is 4. The van der Waals surface area contributed by atoms with Crippen LogP contribution in [-0.4, -0.2) is 49.1 Å². The predicted molar refractivity (Wildman–Crippen MR) is 123 cm³/mol. The van der Waals surface area contributed by atoms with E-state index in [9.17, 15) is 18.0 Å². The van der Waals surface area contributed by atoms with Gasteiger partial charge in [0.1, 0.15) is 0 Å². The molecule has 2 heterocycles. The van der Waals surface area contributed by atoms with Crippen molar-refractivity contribution in [3.05, 3.63) is 28.8 Å². The number of carbonyl (C=O) groups is 2. The highest BCUT2D eigenvalue weighted by molar-refractivity contribution is 8.14. The lowest BCUT2D eigenvalue weighted by Gasteiger charge is -2.35. The van der Waals surface area contributed by atoms with Crippen LogP contribution in [0.15, 0.2) is 22.0 Å². The topological polar surface area (TPSA) is 108 Å². The quantitative estimate of drug-likeness (QED) is 0.709. The van der Waals surface area contributed by atoms with Crippen molar-refractivity contribution in [2.75, 3.05) is 12.8 Å². The maximum absolute atomic E-state index is 13.3. The summed E-state index contributed by atoms with van der Waals surface area (Å²) < 4.78 is 28.1. The summed E-state index contributed by atoms with van der Waals surface area (Å²) in [5.74, 6) is 0.0720. The largest absolute Gasteiger partial charge is 0.331 e. The highest BCUT2D eigenvalue weighted by atomic mass is 32.2. The first-order chi connectivity index (χ1) is 14.2. The number of nitrogens with zero attached hydrogens (tertiary/aromatic N) is 2. The van der Waals surface area contributed by atoms with Crippen LogP contribution in [0.2, 0.25) is 0 Å². The van der Waals surface area contributed by atoms with E-state index in [1.54, 1.807) is 11.0 Å². The first kappa shape index (κ1) is 23.7. The molecule has 10 heteroatoms. The zero-order valence-electron chi connectivity index (χ0n) is 19.0. The molecule has 1 aromatic rings. The first-order valence-corrected chi connectivity index (χ1v) is 12.6. The summed E-state index contributed by atoms with van der Waals surface area (Å²) in [7, 11) is -2.54. The lowest BCUT2D eigenvalue weighted by Crippen LogP contribution is -2.42. The van der Waals surface area contributed by atoms with E-state index in [4.69, 9.17) is 0 Å². The van der Waals surface area contributed by atoms with Gasteiger partial charge < -0.3 is 10.2 Å². The van der Waals surface area contributed by atoms with Gasteiger partial charge in [0.2, 0.25) is 15.9 Å². The van der Waals surface area contributed by atoms with Gasteiger partial charge in [0.15, 0.2) is 5.17 Å². The molecule has 0 unspecified atom stereocenters. The first-order valence-electron chi connectivity index (χ1n) is 10.1. The Bertz CT molecular complexity index is 1080. The van der Waals surface area contributed by atoms with Crippen LogP contribution in [0.4, 0.5) is 0 Å². The van der Waals surface area contributed by atoms with E-state index in [1.165, 1.54) is 25.7 Å². The summed E-state index contributed by atoms with van der Waals surface area (Å²) in [6.45, 7) is 11.8. The number of hydrogen-bond acceptors (Lipinski definition) is 6. The van der Waals surface area contributed by atoms with Crippen LogP contribution < -0.4 is 10.0 Å². The SMILES string of the molecule is CNS(=O)(=O)c1cc([C@@]2(C)CSC(NC(C)=O)=N2)cc2c1C(=O)N([C@@H](C)C(C)(C)C)C2. The van der Waals surface area contributed by atoms with Crippen LogP contribution in [0.5, 0.6) is 0 Å². The van der Waals surface area contributed by atoms with Gasteiger partial charge in [-0.2, -0.15) is 0 Å². The van der Waals surface area contributed by atoms with Gasteiger partial charge in [-0.15, -0.1) is 0 Å². The minimum Gasteiger partial charge on any atom is -0.331 e. The number of thioether (sulfide) groups is 1. The Balaban J connectivity index is 2.14. The van der Waals surface area contributed by atoms with Crippen LogP contribution >= 0.6 is 11.8 Å². The molecule has 0 aliphatic carbocycles. The van der Waals surface area contributed by atoms with Crippen molar-refractivity contribution >= 4 is 38.8 Å². The number of amidine groups is 1. The van der Waals surface area contributed by atoms with E-state index in [0.717, 1.165) is 0 Å². The molecule has 0 saturated heterocycles. The van der Waals surface area contributed by atoms with Crippen LogP contribution in [0, 0.1) is 5.41 Å². The molecule has 2 aliphatic rings. The fourth-order valence-electron chi connectivity index (χ4n) is 3.71. The molecule has 8 nitrogen and oxygen atoms in total. The van der Waals surface area contributed by atoms with E-state index >= 15 is 0 Å². The molecule has 2 N–H and O–H groups in total. The van der Waals surface area contributed by atoms with Crippen molar-refractivity contribution in [3.63, 3.8) is 0 Å². The van der Waals surface area contributed by atoms with Crippen molar-refractivity contribution < 1.29 is 18.0 Å². The standard InChI is InChI=1S/C21H30N4O4S2/c1-12(20(3,4)5)25-10-14-8-15(21(6)11-30-19(24-21)23-13(2)26)9-16(17(14)18(25)27)31(28,29)22-7/h8-9,12,22H,10-11H2,1-7H3,(H,23,24,26)/t12-,21+/m0/s1. The summed E-state index contributed by atoms with van der Waals surface area (Å²) in [4.78, 5) is 31.1. The van der Waals surface area contributed by atoms with E-state index in [-0.39, 0.29) is 33.7 Å². The number of sulfonamides is 1. The van der Waals surface area contributed by atoms with Gasteiger partial charge >= 0.3 is 0 Å². The van der Waals surface area contributed by atoms with Crippen molar-refractivity contribution in [1.82, 2.24) is 14.9 Å². The molecule has 2 aliphatic heterocycles. The van der Waals surface area contributed by atoms with E-state index < -0.39 is 15.6 Å². The van der Waals surface area contributed by atoms with E-state index in [2.05, 4.69) is 35.8 Å².